The molecule has 6 rings (SSSR count). The molecule has 10 nitrogen and oxygen atoms in total. The van der Waals surface area contributed by atoms with Gasteiger partial charge in [0.15, 0.2) is 11.5 Å². The third-order valence-corrected chi connectivity index (χ3v) is 6.91. The Kier molecular flexibility index (Phi) is 6.61. The van der Waals surface area contributed by atoms with Gasteiger partial charge < -0.3 is 25.4 Å². The van der Waals surface area contributed by atoms with E-state index in [-0.39, 0.29) is 31.4 Å². The standard InChI is InChI=1S/C27H28FN7O3/c28-11-12-35-26-23(13-29-35)25(34-14-21-9-10-22(15-34)38-21)32-24(33-26)18-3-7-20(8-4-18)31-27(37)30-19-5-1-17(16-36)2-6-19/h1-8,13,21-22,36H,9-12,14-16H2,(H2,30,31,37). The highest BCUT2D eigenvalue weighted by Crippen LogP contribution is 2.33. The van der Waals surface area contributed by atoms with E-state index in [0.717, 1.165) is 48.3 Å². The number of nitrogens with zero attached hydrogens (tertiary/aromatic N) is 5. The van der Waals surface area contributed by atoms with Crippen molar-refractivity contribution in [1.29, 1.82) is 0 Å². The first-order valence-electron chi connectivity index (χ1n) is 12.7. The molecule has 0 spiro atoms. The summed E-state index contributed by atoms with van der Waals surface area (Å²) in [5, 5.41) is 19.9. The topological polar surface area (TPSA) is 117 Å². The van der Waals surface area contributed by atoms with E-state index in [2.05, 4.69) is 20.6 Å². The van der Waals surface area contributed by atoms with Crippen LogP contribution in [0.25, 0.3) is 22.4 Å². The molecule has 2 aromatic carbocycles. The van der Waals surface area contributed by atoms with Crippen LogP contribution in [0.4, 0.5) is 26.4 Å². The van der Waals surface area contributed by atoms with Crippen LogP contribution in [0, 0.1) is 0 Å². The molecule has 2 aliphatic rings. The Morgan fingerprint density at radius 1 is 1.00 bits per heavy atom. The van der Waals surface area contributed by atoms with E-state index in [4.69, 9.17) is 19.8 Å². The Morgan fingerprint density at radius 3 is 2.29 bits per heavy atom. The number of alkyl halides is 1. The molecule has 2 amide bonds. The van der Waals surface area contributed by atoms with Crippen molar-refractivity contribution in [3.8, 4) is 11.4 Å². The van der Waals surface area contributed by atoms with Crippen LogP contribution < -0.4 is 15.5 Å². The average molecular weight is 518 g/mol. The third-order valence-electron chi connectivity index (χ3n) is 6.91. The van der Waals surface area contributed by atoms with Gasteiger partial charge in [0.1, 0.15) is 12.5 Å². The molecule has 2 aromatic heterocycles. The van der Waals surface area contributed by atoms with E-state index in [1.165, 1.54) is 0 Å². The zero-order valence-electron chi connectivity index (χ0n) is 20.7. The van der Waals surface area contributed by atoms with Crippen molar-refractivity contribution in [3.63, 3.8) is 0 Å². The lowest BCUT2D eigenvalue weighted by Crippen LogP contribution is -2.43. The van der Waals surface area contributed by atoms with Crippen LogP contribution in [0.5, 0.6) is 0 Å². The summed E-state index contributed by atoms with van der Waals surface area (Å²) in [5.41, 5.74) is 3.35. The predicted molar refractivity (Wildman–Crippen MR) is 142 cm³/mol. The lowest BCUT2D eigenvalue weighted by molar-refractivity contribution is 0.0303. The maximum Gasteiger partial charge on any atom is 0.323 e. The Bertz CT molecular complexity index is 1430. The van der Waals surface area contributed by atoms with Crippen molar-refractivity contribution >= 4 is 34.3 Å². The van der Waals surface area contributed by atoms with Gasteiger partial charge in [0, 0.05) is 30.0 Å². The highest BCUT2D eigenvalue weighted by Gasteiger charge is 2.35. The number of carbonyl (C=O) groups is 1. The van der Waals surface area contributed by atoms with Crippen LogP contribution in [-0.2, 0) is 17.9 Å². The number of ether oxygens (including phenoxy) is 1. The summed E-state index contributed by atoms with van der Waals surface area (Å²) >= 11 is 0. The molecule has 2 aliphatic heterocycles. The first-order chi connectivity index (χ1) is 18.6. The van der Waals surface area contributed by atoms with Gasteiger partial charge in [-0.3, -0.25) is 0 Å². The number of benzene rings is 2. The number of anilines is 3. The number of aliphatic hydroxyl groups excluding tert-OH is 1. The number of amides is 2. The minimum Gasteiger partial charge on any atom is -0.392 e. The molecule has 4 aromatic rings. The fourth-order valence-corrected chi connectivity index (χ4v) is 5.03. The second-order valence-corrected chi connectivity index (χ2v) is 9.54. The van der Waals surface area contributed by atoms with Gasteiger partial charge in [-0.2, -0.15) is 5.10 Å². The van der Waals surface area contributed by atoms with Crippen molar-refractivity contribution in [2.24, 2.45) is 0 Å². The molecule has 2 fully saturated rings. The van der Waals surface area contributed by atoms with Crippen LogP contribution >= 0.6 is 0 Å². The first kappa shape index (κ1) is 24.3. The second-order valence-electron chi connectivity index (χ2n) is 9.54. The van der Waals surface area contributed by atoms with Crippen LogP contribution in [0.2, 0.25) is 0 Å². The Labute approximate surface area is 218 Å². The molecule has 11 heteroatoms. The quantitative estimate of drug-likeness (QED) is 0.340. The molecule has 2 atom stereocenters. The van der Waals surface area contributed by atoms with Gasteiger partial charge in [0.2, 0.25) is 0 Å². The fourth-order valence-electron chi connectivity index (χ4n) is 5.03. The van der Waals surface area contributed by atoms with Crippen molar-refractivity contribution in [2.75, 3.05) is 35.3 Å². The van der Waals surface area contributed by atoms with Crippen LogP contribution in [0.15, 0.2) is 54.7 Å². The van der Waals surface area contributed by atoms with Gasteiger partial charge in [-0.1, -0.05) is 12.1 Å². The number of aromatic nitrogens is 4. The summed E-state index contributed by atoms with van der Waals surface area (Å²) < 4.78 is 20.8. The number of aryl methyl sites for hydroxylation is 1. The summed E-state index contributed by atoms with van der Waals surface area (Å²) in [6.45, 7) is 1.02. The van der Waals surface area contributed by atoms with Crippen molar-refractivity contribution < 1.29 is 19.0 Å². The summed E-state index contributed by atoms with van der Waals surface area (Å²) in [6.07, 6.45) is 4.17. The van der Waals surface area contributed by atoms with E-state index >= 15 is 0 Å². The third kappa shape index (κ3) is 4.90. The minimum atomic E-state index is -0.541. The highest BCUT2D eigenvalue weighted by molar-refractivity contribution is 5.99. The number of rotatable bonds is 7. The molecule has 2 saturated heterocycles. The van der Waals surface area contributed by atoms with Gasteiger partial charge in [0.05, 0.1) is 36.9 Å². The SMILES string of the molecule is O=C(Nc1ccc(CO)cc1)Nc1ccc(-c2nc(N3CC4CCC(C3)O4)c3cnn(CCF)c3n2)cc1. The number of halogens is 1. The smallest absolute Gasteiger partial charge is 0.323 e. The zero-order valence-corrected chi connectivity index (χ0v) is 20.7. The Hall–Kier alpha value is -4.09. The van der Waals surface area contributed by atoms with E-state index in [1.54, 1.807) is 47.3 Å². The van der Waals surface area contributed by atoms with Gasteiger partial charge in [-0.15, -0.1) is 0 Å². The molecule has 4 heterocycles. The lowest BCUT2D eigenvalue weighted by Gasteiger charge is -2.33. The number of urea groups is 1. The van der Waals surface area contributed by atoms with Crippen molar-refractivity contribution in [1.82, 2.24) is 19.7 Å². The number of hydrogen-bond donors (Lipinski definition) is 3. The predicted octanol–water partition coefficient (Wildman–Crippen LogP) is 3.97. The summed E-state index contributed by atoms with van der Waals surface area (Å²) in [7, 11) is 0. The summed E-state index contributed by atoms with van der Waals surface area (Å²) in [6, 6.07) is 13.8. The normalized spacial score (nSPS) is 18.6. The molecule has 2 unspecified atom stereocenters. The lowest BCUT2D eigenvalue weighted by atomic mass is 10.2. The molecular formula is C27H28FN7O3. The summed E-state index contributed by atoms with van der Waals surface area (Å²) in [4.78, 5) is 24.3. The first-order valence-corrected chi connectivity index (χ1v) is 12.7. The van der Waals surface area contributed by atoms with E-state index in [1.807, 2.05) is 12.1 Å². The number of nitrogens with one attached hydrogen (secondary N) is 2. The number of carbonyl (C=O) groups excluding carboxylic acids is 1. The average Bonchev–Trinajstić information content (AvgIpc) is 3.50. The van der Waals surface area contributed by atoms with Crippen molar-refractivity contribution in [3.05, 3.63) is 60.3 Å². The Balaban J connectivity index is 1.24. The molecule has 38 heavy (non-hydrogen) atoms. The maximum absolute atomic E-state index is 13.2. The summed E-state index contributed by atoms with van der Waals surface area (Å²) in [5.74, 6) is 1.29. The molecule has 0 aliphatic carbocycles. The van der Waals surface area contributed by atoms with Crippen LogP contribution in [0.3, 0.4) is 0 Å². The molecule has 196 valence electrons. The number of aliphatic hydroxyl groups is 1. The second kappa shape index (κ2) is 10.3. The molecule has 0 radical (unpaired) electrons. The van der Waals surface area contributed by atoms with Gasteiger partial charge >= 0.3 is 6.03 Å². The van der Waals surface area contributed by atoms with Gasteiger partial charge in [0.25, 0.3) is 0 Å². The Morgan fingerprint density at radius 2 is 1.66 bits per heavy atom. The van der Waals surface area contributed by atoms with E-state index in [0.29, 0.717) is 22.8 Å². The van der Waals surface area contributed by atoms with Crippen LogP contribution in [0.1, 0.15) is 18.4 Å². The zero-order chi connectivity index (χ0) is 26.1. The molecule has 0 saturated carbocycles. The van der Waals surface area contributed by atoms with E-state index < -0.39 is 6.67 Å². The number of morpholine rings is 1. The highest BCUT2D eigenvalue weighted by atomic mass is 19.1. The van der Waals surface area contributed by atoms with Gasteiger partial charge in [-0.25, -0.2) is 23.8 Å². The minimum absolute atomic E-state index is 0.0529. The molecule has 2 bridgehead atoms. The maximum atomic E-state index is 13.2. The fraction of sp³-hybridized carbons (Fsp3) is 0.333. The van der Waals surface area contributed by atoms with Gasteiger partial charge in [-0.05, 0) is 54.8 Å². The number of hydrogen-bond acceptors (Lipinski definition) is 7. The number of fused-ring (bicyclic) bond motifs is 3. The molecule has 3 N–H and O–H groups in total. The monoisotopic (exact) mass is 517 g/mol. The van der Waals surface area contributed by atoms with Crippen LogP contribution in [-0.4, -0.2) is 62.9 Å². The van der Waals surface area contributed by atoms with Crippen molar-refractivity contribution in [2.45, 2.75) is 38.2 Å². The molecular weight excluding hydrogens is 489 g/mol. The largest absolute Gasteiger partial charge is 0.392 e. The van der Waals surface area contributed by atoms with E-state index in [9.17, 15) is 9.18 Å².